The highest BCUT2D eigenvalue weighted by Gasteiger charge is 2.36. The van der Waals surface area contributed by atoms with Gasteiger partial charge in [0.15, 0.2) is 0 Å². The summed E-state index contributed by atoms with van der Waals surface area (Å²) in [5, 5.41) is 11.5. The summed E-state index contributed by atoms with van der Waals surface area (Å²) >= 11 is 0. The molecule has 1 aromatic heterocycles. The van der Waals surface area contributed by atoms with Crippen LogP contribution in [0.4, 0.5) is 0 Å². The van der Waals surface area contributed by atoms with Gasteiger partial charge in [0.2, 0.25) is 0 Å². The van der Waals surface area contributed by atoms with Gasteiger partial charge < -0.3 is 9.57 Å². The summed E-state index contributed by atoms with van der Waals surface area (Å²) in [6, 6.07) is 21.8. The number of amides is 1. The minimum absolute atomic E-state index is 0.199. The number of carbonyl (C=O) groups excluding carboxylic acids is 2. The number of nitriles is 1. The number of fused-ring (bicyclic) bond motifs is 1. The molecule has 3 rings (SSSR count). The van der Waals surface area contributed by atoms with Gasteiger partial charge in [0.25, 0.3) is 5.91 Å². The lowest BCUT2D eigenvalue weighted by Gasteiger charge is -2.27. The second-order valence-electron chi connectivity index (χ2n) is 8.05. The minimum atomic E-state index is -0.935. The first kappa shape index (κ1) is 24.7. The summed E-state index contributed by atoms with van der Waals surface area (Å²) < 4.78 is 5.29. The summed E-state index contributed by atoms with van der Waals surface area (Å²) in [6.07, 6.45) is 3.06. The number of pyridine rings is 1. The highest BCUT2D eigenvalue weighted by Crippen LogP contribution is 2.37. The predicted octanol–water partition coefficient (Wildman–Crippen LogP) is 4.99. The standard InChI is InChI=1S/C27H29N3O4/c1-3-26(32)34-30-25(31)11-5-4-8-18-27(19-28,21-13-15-22(33-2)16-14-21)24-17-12-20-9-6-7-10-23(20)29-24/h6-7,9-10,12-17H,3-5,8,11,18H2,1-2H3,(H,30,31). The Morgan fingerprint density at radius 2 is 1.79 bits per heavy atom. The molecule has 3 aromatic rings. The molecular weight excluding hydrogens is 430 g/mol. The van der Waals surface area contributed by atoms with Crippen LogP contribution in [0.1, 0.15) is 56.7 Å². The average molecular weight is 460 g/mol. The summed E-state index contributed by atoms with van der Waals surface area (Å²) in [5.41, 5.74) is 3.62. The molecule has 1 heterocycles. The Labute approximate surface area is 199 Å². The van der Waals surface area contributed by atoms with E-state index in [1.807, 2.05) is 60.7 Å². The zero-order valence-corrected chi connectivity index (χ0v) is 19.5. The molecule has 0 fully saturated rings. The number of hydrogen-bond donors (Lipinski definition) is 1. The van der Waals surface area contributed by atoms with Crippen LogP contribution in [0.25, 0.3) is 10.9 Å². The van der Waals surface area contributed by atoms with Crippen molar-refractivity contribution in [2.75, 3.05) is 7.11 Å². The van der Waals surface area contributed by atoms with E-state index >= 15 is 0 Å². The Hall–Kier alpha value is -3.92. The van der Waals surface area contributed by atoms with E-state index in [0.29, 0.717) is 18.5 Å². The fourth-order valence-corrected chi connectivity index (χ4v) is 3.87. The van der Waals surface area contributed by atoms with Crippen LogP contribution in [-0.4, -0.2) is 24.0 Å². The number of hydrogen-bond acceptors (Lipinski definition) is 6. The molecule has 0 aliphatic heterocycles. The van der Waals surface area contributed by atoms with Crippen molar-refractivity contribution < 1.29 is 19.2 Å². The van der Waals surface area contributed by atoms with Gasteiger partial charge in [-0.15, -0.1) is 0 Å². The van der Waals surface area contributed by atoms with Crippen LogP contribution in [-0.2, 0) is 19.8 Å². The lowest BCUT2D eigenvalue weighted by molar-refractivity contribution is -0.158. The van der Waals surface area contributed by atoms with Gasteiger partial charge in [-0.25, -0.2) is 4.79 Å². The number of unbranched alkanes of at least 4 members (excludes halogenated alkanes) is 2. The van der Waals surface area contributed by atoms with E-state index in [-0.39, 0.29) is 18.7 Å². The Morgan fingerprint density at radius 3 is 2.50 bits per heavy atom. The smallest absolute Gasteiger partial charge is 0.331 e. The molecule has 176 valence electrons. The number of rotatable bonds is 10. The van der Waals surface area contributed by atoms with E-state index in [9.17, 15) is 14.9 Å². The molecule has 2 aromatic carbocycles. The van der Waals surface area contributed by atoms with Crippen molar-refractivity contribution in [3.05, 3.63) is 71.9 Å². The number of ether oxygens (including phenoxy) is 1. The number of hydroxylamine groups is 1. The first-order valence-electron chi connectivity index (χ1n) is 11.4. The zero-order valence-electron chi connectivity index (χ0n) is 19.5. The van der Waals surface area contributed by atoms with Crippen LogP contribution in [0.15, 0.2) is 60.7 Å². The second-order valence-corrected chi connectivity index (χ2v) is 8.05. The van der Waals surface area contributed by atoms with Crippen molar-refractivity contribution in [3.8, 4) is 11.8 Å². The van der Waals surface area contributed by atoms with Gasteiger partial charge in [-0.3, -0.25) is 9.78 Å². The fourth-order valence-electron chi connectivity index (χ4n) is 3.87. The number of nitrogens with one attached hydrogen (secondary N) is 1. The van der Waals surface area contributed by atoms with Crippen LogP contribution >= 0.6 is 0 Å². The monoisotopic (exact) mass is 459 g/mol. The Balaban J connectivity index is 1.76. The second kappa shape index (κ2) is 11.8. The van der Waals surface area contributed by atoms with Gasteiger partial charge >= 0.3 is 5.97 Å². The fraction of sp³-hybridized carbons (Fsp3) is 0.333. The molecule has 7 heteroatoms. The Bertz CT molecular complexity index is 1170. The topological polar surface area (TPSA) is 101 Å². The van der Waals surface area contributed by atoms with E-state index in [4.69, 9.17) is 9.72 Å². The molecule has 0 saturated heterocycles. The van der Waals surface area contributed by atoms with Crippen LogP contribution in [0.5, 0.6) is 5.75 Å². The third-order valence-electron chi connectivity index (χ3n) is 5.83. The first-order chi connectivity index (χ1) is 16.5. The van der Waals surface area contributed by atoms with Crippen LogP contribution in [0, 0.1) is 11.3 Å². The van der Waals surface area contributed by atoms with E-state index in [1.165, 1.54) is 0 Å². The number of benzene rings is 2. The Kier molecular flexibility index (Phi) is 8.58. The number of para-hydroxylation sites is 1. The Morgan fingerprint density at radius 1 is 1.03 bits per heavy atom. The van der Waals surface area contributed by atoms with Crippen molar-refractivity contribution >= 4 is 22.8 Å². The van der Waals surface area contributed by atoms with Gasteiger partial charge in [-0.05, 0) is 42.7 Å². The highest BCUT2D eigenvalue weighted by atomic mass is 16.7. The van der Waals surface area contributed by atoms with Crippen molar-refractivity contribution in [1.82, 2.24) is 10.5 Å². The third kappa shape index (κ3) is 5.90. The summed E-state index contributed by atoms with van der Waals surface area (Å²) in [7, 11) is 1.61. The lowest BCUT2D eigenvalue weighted by atomic mass is 9.74. The molecule has 1 atom stereocenters. The van der Waals surface area contributed by atoms with Crippen LogP contribution < -0.4 is 10.2 Å². The summed E-state index contributed by atoms with van der Waals surface area (Å²) in [5.74, 6) is -0.0916. The average Bonchev–Trinajstić information content (AvgIpc) is 2.89. The molecule has 0 bridgehead atoms. The van der Waals surface area contributed by atoms with Gasteiger partial charge in [0, 0.05) is 18.2 Å². The van der Waals surface area contributed by atoms with E-state index < -0.39 is 11.4 Å². The van der Waals surface area contributed by atoms with Gasteiger partial charge in [-0.2, -0.15) is 10.7 Å². The molecule has 34 heavy (non-hydrogen) atoms. The largest absolute Gasteiger partial charge is 0.497 e. The number of aromatic nitrogens is 1. The first-order valence-corrected chi connectivity index (χ1v) is 11.4. The van der Waals surface area contributed by atoms with Gasteiger partial charge in [-0.1, -0.05) is 56.2 Å². The summed E-state index contributed by atoms with van der Waals surface area (Å²) in [4.78, 5) is 32.5. The maximum atomic E-state index is 11.8. The molecule has 0 aliphatic carbocycles. The normalized spacial score (nSPS) is 12.4. The van der Waals surface area contributed by atoms with Crippen LogP contribution in [0.2, 0.25) is 0 Å². The van der Waals surface area contributed by atoms with E-state index in [0.717, 1.165) is 35.1 Å². The maximum Gasteiger partial charge on any atom is 0.331 e. The molecular formula is C27H29N3O4. The van der Waals surface area contributed by atoms with Crippen molar-refractivity contribution in [3.63, 3.8) is 0 Å². The van der Waals surface area contributed by atoms with Crippen molar-refractivity contribution in [2.45, 2.75) is 50.9 Å². The number of carbonyl (C=O) groups is 2. The maximum absolute atomic E-state index is 11.8. The number of methoxy groups -OCH3 is 1. The molecule has 1 amide bonds. The molecule has 0 aliphatic rings. The van der Waals surface area contributed by atoms with E-state index in [2.05, 4.69) is 16.4 Å². The third-order valence-corrected chi connectivity index (χ3v) is 5.83. The molecule has 1 N–H and O–H groups in total. The predicted molar refractivity (Wildman–Crippen MR) is 129 cm³/mol. The SMILES string of the molecule is CCC(=O)ONC(=O)CCCCCC(C#N)(c1ccc(OC)cc1)c1ccc2ccccc2n1. The minimum Gasteiger partial charge on any atom is -0.497 e. The summed E-state index contributed by atoms with van der Waals surface area (Å²) in [6.45, 7) is 1.66. The quantitative estimate of drug-likeness (QED) is 0.339. The van der Waals surface area contributed by atoms with Crippen molar-refractivity contribution in [1.29, 1.82) is 5.26 Å². The molecule has 0 radical (unpaired) electrons. The lowest BCUT2D eigenvalue weighted by Crippen LogP contribution is -2.27. The van der Waals surface area contributed by atoms with E-state index in [1.54, 1.807) is 14.0 Å². The van der Waals surface area contributed by atoms with Crippen molar-refractivity contribution in [2.24, 2.45) is 0 Å². The molecule has 7 nitrogen and oxygen atoms in total. The van der Waals surface area contributed by atoms with Gasteiger partial charge in [0.1, 0.15) is 11.2 Å². The number of nitrogens with zero attached hydrogens (tertiary/aromatic N) is 2. The molecule has 1 unspecified atom stereocenters. The van der Waals surface area contributed by atoms with Crippen LogP contribution in [0.3, 0.4) is 0 Å². The van der Waals surface area contributed by atoms with Gasteiger partial charge in [0.05, 0.1) is 24.4 Å². The molecule has 0 spiro atoms. The highest BCUT2D eigenvalue weighted by molar-refractivity contribution is 5.79. The zero-order chi connectivity index (χ0) is 24.4. The molecule has 0 saturated carbocycles.